The maximum absolute atomic E-state index is 5.92. The monoisotopic (exact) mass is 191 g/mol. The van der Waals surface area contributed by atoms with Crippen LogP contribution in [-0.4, -0.2) is 5.60 Å². The first kappa shape index (κ1) is 9.53. The zero-order valence-electron chi connectivity index (χ0n) is 9.00. The van der Waals surface area contributed by atoms with E-state index < -0.39 is 0 Å². The fourth-order valence-electron chi connectivity index (χ4n) is 2.05. The van der Waals surface area contributed by atoms with E-state index in [4.69, 9.17) is 10.5 Å². The molecule has 1 aromatic rings. The molecule has 2 heteroatoms. The molecule has 1 aromatic carbocycles. The first-order chi connectivity index (χ1) is 6.49. The summed E-state index contributed by atoms with van der Waals surface area (Å²) < 4.78 is 5.83. The van der Waals surface area contributed by atoms with Crippen molar-refractivity contribution in [1.82, 2.24) is 0 Å². The second kappa shape index (κ2) is 2.99. The number of hydrogen-bond donors (Lipinski definition) is 1. The fraction of sp³-hybridized carbons (Fsp3) is 0.500. The summed E-state index contributed by atoms with van der Waals surface area (Å²) >= 11 is 0. The fourth-order valence-corrected chi connectivity index (χ4v) is 2.05. The highest BCUT2D eigenvalue weighted by Crippen LogP contribution is 2.38. The van der Waals surface area contributed by atoms with E-state index in [1.807, 2.05) is 19.1 Å². The van der Waals surface area contributed by atoms with E-state index in [1.54, 1.807) is 0 Å². The van der Waals surface area contributed by atoms with Crippen LogP contribution in [0, 0.1) is 0 Å². The maximum atomic E-state index is 5.92. The van der Waals surface area contributed by atoms with Crippen LogP contribution < -0.4 is 10.5 Å². The van der Waals surface area contributed by atoms with Gasteiger partial charge in [-0.3, -0.25) is 0 Å². The molecule has 1 aliphatic rings. The highest BCUT2D eigenvalue weighted by atomic mass is 16.5. The van der Waals surface area contributed by atoms with Crippen molar-refractivity contribution in [2.45, 2.75) is 38.8 Å². The first-order valence-corrected chi connectivity index (χ1v) is 5.06. The average Bonchev–Trinajstić information content (AvgIpc) is 2.36. The van der Waals surface area contributed by atoms with E-state index in [0.717, 1.165) is 12.2 Å². The van der Waals surface area contributed by atoms with E-state index in [-0.39, 0.29) is 11.6 Å². The molecule has 0 saturated heterocycles. The standard InChI is InChI=1S/C12H17NO/c1-8(13)9-5-4-6-11-10(9)7-12(2,3)14-11/h4-6,8H,7,13H2,1-3H3/t8-/m1/s1. The zero-order chi connectivity index (χ0) is 10.3. The Labute approximate surface area is 85.1 Å². The SMILES string of the molecule is C[C@@H](N)c1cccc2c1CC(C)(C)O2. The average molecular weight is 191 g/mol. The molecule has 1 heterocycles. The Hall–Kier alpha value is -1.02. The zero-order valence-corrected chi connectivity index (χ0v) is 9.00. The summed E-state index contributed by atoms with van der Waals surface area (Å²) in [6.07, 6.45) is 0.958. The van der Waals surface area contributed by atoms with E-state index in [1.165, 1.54) is 11.1 Å². The molecule has 0 unspecified atom stereocenters. The van der Waals surface area contributed by atoms with Crippen molar-refractivity contribution in [3.8, 4) is 5.75 Å². The molecule has 0 aliphatic carbocycles. The van der Waals surface area contributed by atoms with Gasteiger partial charge in [-0.2, -0.15) is 0 Å². The molecule has 1 atom stereocenters. The second-order valence-corrected chi connectivity index (χ2v) is 4.65. The summed E-state index contributed by atoms with van der Waals surface area (Å²) in [5.41, 5.74) is 8.34. The quantitative estimate of drug-likeness (QED) is 0.740. The summed E-state index contributed by atoms with van der Waals surface area (Å²) in [5, 5.41) is 0. The molecule has 76 valence electrons. The summed E-state index contributed by atoms with van der Waals surface area (Å²) in [4.78, 5) is 0. The Morgan fingerprint density at radius 2 is 2.14 bits per heavy atom. The van der Waals surface area contributed by atoms with Gasteiger partial charge in [0.2, 0.25) is 0 Å². The van der Waals surface area contributed by atoms with Gasteiger partial charge in [0.25, 0.3) is 0 Å². The van der Waals surface area contributed by atoms with Gasteiger partial charge in [-0.15, -0.1) is 0 Å². The van der Waals surface area contributed by atoms with Crippen molar-refractivity contribution in [1.29, 1.82) is 0 Å². The Morgan fingerprint density at radius 3 is 2.79 bits per heavy atom. The minimum atomic E-state index is -0.0761. The van der Waals surface area contributed by atoms with Crippen LogP contribution in [-0.2, 0) is 6.42 Å². The van der Waals surface area contributed by atoms with Gasteiger partial charge in [-0.05, 0) is 32.4 Å². The largest absolute Gasteiger partial charge is 0.487 e. The number of hydrogen-bond acceptors (Lipinski definition) is 2. The number of ether oxygens (including phenoxy) is 1. The molecule has 0 aromatic heterocycles. The molecule has 0 fully saturated rings. The Morgan fingerprint density at radius 1 is 1.43 bits per heavy atom. The van der Waals surface area contributed by atoms with Crippen LogP contribution in [0.2, 0.25) is 0 Å². The molecule has 2 rings (SSSR count). The third-order valence-corrected chi connectivity index (χ3v) is 2.65. The topological polar surface area (TPSA) is 35.2 Å². The summed E-state index contributed by atoms with van der Waals surface area (Å²) in [5.74, 6) is 1.00. The Kier molecular flexibility index (Phi) is 2.04. The third-order valence-electron chi connectivity index (χ3n) is 2.65. The van der Waals surface area contributed by atoms with Crippen molar-refractivity contribution in [2.24, 2.45) is 5.73 Å². The summed E-state index contributed by atoms with van der Waals surface area (Å²) in [7, 11) is 0. The highest BCUT2D eigenvalue weighted by Gasteiger charge is 2.31. The normalized spacial score (nSPS) is 20.0. The molecule has 0 bridgehead atoms. The van der Waals surface area contributed by atoms with Crippen LogP contribution in [0.5, 0.6) is 5.75 Å². The minimum Gasteiger partial charge on any atom is -0.487 e. The van der Waals surface area contributed by atoms with Gasteiger partial charge in [-0.1, -0.05) is 12.1 Å². The van der Waals surface area contributed by atoms with Crippen LogP contribution in [0.1, 0.15) is 37.9 Å². The molecule has 2 N–H and O–H groups in total. The van der Waals surface area contributed by atoms with Crippen LogP contribution in [0.4, 0.5) is 0 Å². The minimum absolute atomic E-state index is 0.0761. The van der Waals surface area contributed by atoms with Gasteiger partial charge in [0.15, 0.2) is 0 Å². The third kappa shape index (κ3) is 1.50. The number of nitrogens with two attached hydrogens (primary N) is 1. The van der Waals surface area contributed by atoms with Crippen molar-refractivity contribution < 1.29 is 4.74 Å². The highest BCUT2D eigenvalue weighted by molar-refractivity contribution is 5.45. The maximum Gasteiger partial charge on any atom is 0.123 e. The van der Waals surface area contributed by atoms with E-state index in [2.05, 4.69) is 19.9 Å². The van der Waals surface area contributed by atoms with Crippen LogP contribution in [0.15, 0.2) is 18.2 Å². The van der Waals surface area contributed by atoms with E-state index >= 15 is 0 Å². The van der Waals surface area contributed by atoms with Crippen molar-refractivity contribution in [3.05, 3.63) is 29.3 Å². The molecule has 0 saturated carbocycles. The van der Waals surface area contributed by atoms with Gasteiger partial charge in [-0.25, -0.2) is 0 Å². The van der Waals surface area contributed by atoms with Gasteiger partial charge in [0.1, 0.15) is 11.4 Å². The molecule has 2 nitrogen and oxygen atoms in total. The van der Waals surface area contributed by atoms with Crippen LogP contribution in [0.25, 0.3) is 0 Å². The van der Waals surface area contributed by atoms with Crippen molar-refractivity contribution in [3.63, 3.8) is 0 Å². The lowest BCUT2D eigenvalue weighted by Gasteiger charge is -2.16. The summed E-state index contributed by atoms with van der Waals surface area (Å²) in [6, 6.07) is 6.21. The van der Waals surface area contributed by atoms with Gasteiger partial charge in [0.05, 0.1) is 0 Å². The van der Waals surface area contributed by atoms with Crippen LogP contribution >= 0.6 is 0 Å². The number of rotatable bonds is 1. The first-order valence-electron chi connectivity index (χ1n) is 5.06. The lowest BCUT2D eigenvalue weighted by molar-refractivity contribution is 0.138. The predicted molar refractivity (Wildman–Crippen MR) is 57.5 cm³/mol. The smallest absolute Gasteiger partial charge is 0.123 e. The van der Waals surface area contributed by atoms with Gasteiger partial charge < -0.3 is 10.5 Å². The van der Waals surface area contributed by atoms with E-state index in [0.29, 0.717) is 0 Å². The Bertz CT molecular complexity index is 355. The van der Waals surface area contributed by atoms with Gasteiger partial charge >= 0.3 is 0 Å². The lowest BCUT2D eigenvalue weighted by Crippen LogP contribution is -2.25. The molecule has 14 heavy (non-hydrogen) atoms. The summed E-state index contributed by atoms with van der Waals surface area (Å²) in [6.45, 7) is 6.23. The molecule has 0 amide bonds. The van der Waals surface area contributed by atoms with Gasteiger partial charge in [0, 0.05) is 18.0 Å². The molecule has 0 spiro atoms. The number of benzene rings is 1. The number of fused-ring (bicyclic) bond motifs is 1. The Balaban J connectivity index is 2.46. The predicted octanol–water partition coefficient (Wildman–Crippen LogP) is 2.42. The van der Waals surface area contributed by atoms with Crippen molar-refractivity contribution >= 4 is 0 Å². The second-order valence-electron chi connectivity index (χ2n) is 4.65. The lowest BCUT2D eigenvalue weighted by atomic mass is 9.94. The molecule has 0 radical (unpaired) electrons. The van der Waals surface area contributed by atoms with Crippen molar-refractivity contribution in [2.75, 3.05) is 0 Å². The van der Waals surface area contributed by atoms with E-state index in [9.17, 15) is 0 Å². The molecule has 1 aliphatic heterocycles. The molecular weight excluding hydrogens is 174 g/mol. The molecular formula is C12H17NO. The van der Waals surface area contributed by atoms with Crippen LogP contribution in [0.3, 0.4) is 0 Å².